The van der Waals surface area contributed by atoms with Gasteiger partial charge in [-0.25, -0.2) is 0 Å². The second-order valence-electron chi connectivity index (χ2n) is 14.2. The summed E-state index contributed by atoms with van der Waals surface area (Å²) in [7, 11) is 0. The van der Waals surface area contributed by atoms with Crippen LogP contribution < -0.4 is 0 Å². The number of allylic oxidation sites excluding steroid dienone is 2. The minimum atomic E-state index is -2.29. The van der Waals surface area contributed by atoms with Crippen molar-refractivity contribution in [1.29, 1.82) is 0 Å². The Labute approximate surface area is 205 Å². The molecule has 0 bridgehead atoms. The van der Waals surface area contributed by atoms with E-state index >= 15 is 0 Å². The molecule has 0 aromatic heterocycles. The Hall–Kier alpha value is -1.12. The molecule has 0 amide bonds. The van der Waals surface area contributed by atoms with Gasteiger partial charge in [-0.1, -0.05) is 53.1 Å². The van der Waals surface area contributed by atoms with Crippen molar-refractivity contribution in [2.24, 2.45) is 50.2 Å². The second kappa shape index (κ2) is 6.76. The van der Waals surface area contributed by atoms with E-state index < -0.39 is 23.7 Å². The van der Waals surface area contributed by atoms with Gasteiger partial charge in [0, 0.05) is 15.9 Å². The summed E-state index contributed by atoms with van der Waals surface area (Å²) in [5.74, 6) is -0.258. The molecular weight excluding hydrogens is 408 g/mol. The quantitative estimate of drug-likeness (QED) is 0.416. The zero-order valence-electron chi connectivity index (χ0n) is 24.6. The highest BCUT2D eigenvalue weighted by molar-refractivity contribution is 5.85. The van der Waals surface area contributed by atoms with E-state index in [4.69, 9.17) is 4.11 Å². The number of Topliss-reactive ketones (excluding diaryl/α,β-unsaturated/α-hetero) is 1. The lowest BCUT2D eigenvalue weighted by atomic mass is 9.33. The molecule has 3 heteroatoms. The lowest BCUT2D eigenvalue weighted by Gasteiger charge is -2.70. The van der Waals surface area contributed by atoms with Gasteiger partial charge in [0.15, 0.2) is 0 Å². The fourth-order valence-electron chi connectivity index (χ4n) is 10.0. The monoisotopic (exact) mass is 457 g/mol. The fraction of sp³-hybridized carbons (Fsp3) is 0.867. The molecule has 0 spiro atoms. The zero-order valence-corrected chi connectivity index (χ0v) is 21.6. The van der Waals surface area contributed by atoms with E-state index in [1.54, 1.807) is 6.92 Å². The molecule has 5 rings (SSSR count). The van der Waals surface area contributed by atoms with Crippen molar-refractivity contribution >= 4 is 11.8 Å². The van der Waals surface area contributed by atoms with Crippen LogP contribution in [0.2, 0.25) is 0 Å². The molecule has 9 atom stereocenters. The number of carbonyl (C=O) groups excluding carboxylic acids is 1. The molecule has 0 aliphatic heterocycles. The van der Waals surface area contributed by atoms with Crippen molar-refractivity contribution in [2.75, 3.05) is 0 Å². The molecule has 3 nitrogen and oxygen atoms in total. The van der Waals surface area contributed by atoms with Crippen molar-refractivity contribution < 1.29 is 18.8 Å². The van der Waals surface area contributed by atoms with Crippen molar-refractivity contribution in [3.63, 3.8) is 0 Å². The normalized spacial score (nSPS) is 57.8. The van der Waals surface area contributed by atoms with Crippen LogP contribution in [0.25, 0.3) is 0 Å². The summed E-state index contributed by atoms with van der Waals surface area (Å²) >= 11 is 0. The summed E-state index contributed by atoms with van der Waals surface area (Å²) in [6.07, 6.45) is 10.9. The van der Waals surface area contributed by atoms with Crippen LogP contribution in [0.1, 0.15) is 117 Å². The molecule has 184 valence electrons. The number of aliphatic carboxylic acids is 1. The van der Waals surface area contributed by atoms with Crippen LogP contribution in [-0.4, -0.2) is 16.9 Å². The Morgan fingerprint density at radius 1 is 1.00 bits per heavy atom. The van der Waals surface area contributed by atoms with E-state index in [9.17, 15) is 14.7 Å². The Morgan fingerprint density at radius 2 is 1.70 bits per heavy atom. The summed E-state index contributed by atoms with van der Waals surface area (Å²) in [6.45, 7) is 11.0. The minimum Gasteiger partial charge on any atom is -0.481 e. The van der Waals surface area contributed by atoms with Gasteiger partial charge in [0.2, 0.25) is 0 Å². The van der Waals surface area contributed by atoms with Crippen LogP contribution in [0.5, 0.6) is 0 Å². The van der Waals surface area contributed by atoms with Gasteiger partial charge in [-0.2, -0.15) is 0 Å². The van der Waals surface area contributed by atoms with E-state index in [1.165, 1.54) is 5.57 Å². The van der Waals surface area contributed by atoms with Gasteiger partial charge in [0.1, 0.15) is 5.78 Å². The maximum atomic E-state index is 13.2. The van der Waals surface area contributed by atoms with E-state index in [1.807, 2.05) is 6.92 Å². The first-order valence-corrected chi connectivity index (χ1v) is 13.4. The summed E-state index contributed by atoms with van der Waals surface area (Å²) in [6, 6.07) is 0. The molecule has 33 heavy (non-hydrogen) atoms. The first kappa shape index (κ1) is 20.1. The number of carboxylic acids is 1. The highest BCUT2D eigenvalue weighted by Gasteiger charge is 2.68. The molecule has 5 aliphatic carbocycles. The maximum absolute atomic E-state index is 13.2. The standard InChI is InChI=1S/C30H46O3/c1-25(2)21-10-13-30(7)22(28(21,5)12-11-23(25)31)9-8-19-20-18-27(4,24(32)33)15-14-26(20,3)16-17-29(19,30)6/h8,20-22H,9-18H2,1-7H3,(H,32,33)/t20-,21?,22?,26+,27-,28-,29+,30+/m0/s1/i1D3/t20-,21?,22?,25?,26+,27-,28-,29+,30+. The van der Waals surface area contributed by atoms with E-state index in [0.717, 1.165) is 51.4 Å². The van der Waals surface area contributed by atoms with Crippen molar-refractivity contribution in [3.05, 3.63) is 11.6 Å². The predicted molar refractivity (Wildman–Crippen MR) is 132 cm³/mol. The van der Waals surface area contributed by atoms with Crippen molar-refractivity contribution in [3.8, 4) is 0 Å². The highest BCUT2D eigenvalue weighted by atomic mass is 16.4. The number of fused-ring (bicyclic) bond motifs is 7. The Morgan fingerprint density at radius 3 is 2.36 bits per heavy atom. The lowest BCUT2D eigenvalue weighted by Crippen LogP contribution is -2.64. The molecular formula is C30H46O3. The number of ketones is 1. The SMILES string of the molecule is [2H]C([2H])([2H])C1(C)C(=O)CC[C@@]2(C)C1CC[C@]1(C)C2CC=C2[C@@H]3C[C@@](C)(C(=O)O)CC[C@]3(C)CC[C@]21C. The average Bonchev–Trinajstić information content (AvgIpc) is 2.77. The van der Waals surface area contributed by atoms with Crippen LogP contribution >= 0.6 is 0 Å². The maximum Gasteiger partial charge on any atom is 0.309 e. The van der Waals surface area contributed by atoms with Gasteiger partial charge < -0.3 is 5.11 Å². The van der Waals surface area contributed by atoms with Crippen LogP contribution in [0.15, 0.2) is 11.6 Å². The molecule has 4 saturated carbocycles. The number of hydrogen-bond acceptors (Lipinski definition) is 2. The molecule has 1 N–H and O–H groups in total. The molecule has 0 radical (unpaired) electrons. The molecule has 0 aromatic rings. The zero-order chi connectivity index (χ0) is 26.7. The summed E-state index contributed by atoms with van der Waals surface area (Å²) in [4.78, 5) is 25.4. The van der Waals surface area contributed by atoms with E-state index in [-0.39, 0.29) is 39.3 Å². The van der Waals surface area contributed by atoms with Crippen molar-refractivity contribution in [1.82, 2.24) is 0 Å². The summed E-state index contributed by atoms with van der Waals surface area (Å²) in [5.41, 5.74) is -0.506. The third kappa shape index (κ3) is 2.80. The Balaban J connectivity index is 1.59. The topological polar surface area (TPSA) is 54.4 Å². The molecule has 4 fully saturated rings. The molecule has 0 aromatic carbocycles. The Kier molecular flexibility index (Phi) is 4.12. The fourth-order valence-corrected chi connectivity index (χ4v) is 10.0. The van der Waals surface area contributed by atoms with Gasteiger partial charge in [-0.05, 0) is 104 Å². The molecule has 3 unspecified atom stereocenters. The average molecular weight is 458 g/mol. The first-order valence-electron chi connectivity index (χ1n) is 14.9. The van der Waals surface area contributed by atoms with Gasteiger partial charge >= 0.3 is 5.97 Å². The lowest BCUT2D eigenvalue weighted by molar-refractivity contribution is -0.185. The highest BCUT2D eigenvalue weighted by Crippen LogP contribution is 2.75. The summed E-state index contributed by atoms with van der Waals surface area (Å²) in [5, 5.41) is 10.1. The van der Waals surface area contributed by atoms with E-state index in [0.29, 0.717) is 18.8 Å². The molecule has 0 heterocycles. The first-order chi connectivity index (χ1) is 16.4. The number of rotatable bonds is 1. The van der Waals surface area contributed by atoms with Crippen LogP contribution in [0.3, 0.4) is 0 Å². The van der Waals surface area contributed by atoms with Crippen LogP contribution in [0.4, 0.5) is 0 Å². The van der Waals surface area contributed by atoms with Crippen molar-refractivity contribution in [2.45, 2.75) is 113 Å². The predicted octanol–water partition coefficient (Wildman–Crippen LogP) is 7.44. The van der Waals surface area contributed by atoms with Gasteiger partial charge in [0.25, 0.3) is 0 Å². The Bertz CT molecular complexity index is 1030. The minimum absolute atomic E-state index is 0.0107. The third-order valence-electron chi connectivity index (χ3n) is 12.8. The van der Waals surface area contributed by atoms with E-state index in [2.05, 4.69) is 33.8 Å². The van der Waals surface area contributed by atoms with Gasteiger partial charge in [-0.3, -0.25) is 9.59 Å². The largest absolute Gasteiger partial charge is 0.481 e. The second-order valence-corrected chi connectivity index (χ2v) is 14.2. The van der Waals surface area contributed by atoms with Crippen LogP contribution in [0, 0.1) is 50.2 Å². The molecule has 5 aliphatic rings. The smallest absolute Gasteiger partial charge is 0.309 e. The molecule has 0 saturated heterocycles. The summed E-state index contributed by atoms with van der Waals surface area (Å²) < 4.78 is 25.1. The number of carbonyl (C=O) groups is 2. The number of hydrogen-bond donors (Lipinski definition) is 1. The van der Waals surface area contributed by atoms with Gasteiger partial charge in [0.05, 0.1) is 5.41 Å². The van der Waals surface area contributed by atoms with Crippen LogP contribution in [-0.2, 0) is 9.59 Å². The number of carboxylic acid groups (broad SMARTS) is 1. The third-order valence-corrected chi connectivity index (χ3v) is 12.8. The van der Waals surface area contributed by atoms with Gasteiger partial charge in [-0.15, -0.1) is 0 Å².